The van der Waals surface area contributed by atoms with Crippen LogP contribution in [0.5, 0.6) is 0 Å². The van der Waals surface area contributed by atoms with E-state index in [1.807, 2.05) is 0 Å². The first-order valence-corrected chi connectivity index (χ1v) is 4.73. The molecule has 0 amide bonds. The van der Waals surface area contributed by atoms with Gasteiger partial charge in [-0.25, -0.2) is 4.98 Å². The maximum Gasteiger partial charge on any atom is 0.223 e. The Labute approximate surface area is 75.8 Å². The first-order valence-electron chi connectivity index (χ1n) is 3.75. The van der Waals surface area contributed by atoms with Crippen LogP contribution in [-0.4, -0.2) is 15.7 Å². The molecule has 0 radical (unpaired) electrons. The van der Waals surface area contributed by atoms with Gasteiger partial charge in [-0.3, -0.25) is 0 Å². The lowest BCUT2D eigenvalue weighted by Crippen LogP contribution is -2.00. The zero-order chi connectivity index (χ0) is 8.97. The molecule has 5 heteroatoms. The van der Waals surface area contributed by atoms with Crippen molar-refractivity contribution in [1.29, 1.82) is 0 Å². The smallest absolute Gasteiger partial charge is 0.223 e. The van der Waals surface area contributed by atoms with E-state index in [-0.39, 0.29) is 5.95 Å². The first kappa shape index (κ1) is 9.12. The summed E-state index contributed by atoms with van der Waals surface area (Å²) in [6, 6.07) is 1.73. The Hall–Kier alpha value is -0.970. The van der Waals surface area contributed by atoms with Crippen molar-refractivity contribution >= 4 is 23.5 Å². The highest BCUT2D eigenvalue weighted by atomic mass is 32.2. The van der Waals surface area contributed by atoms with Crippen LogP contribution in [0.3, 0.4) is 0 Å². The van der Waals surface area contributed by atoms with Crippen LogP contribution >= 0.6 is 11.8 Å². The van der Waals surface area contributed by atoms with Crippen LogP contribution in [0.15, 0.2) is 11.1 Å². The van der Waals surface area contributed by atoms with Gasteiger partial charge in [-0.1, -0.05) is 6.92 Å². The average Bonchev–Trinajstić information content (AvgIpc) is 1.99. The minimum absolute atomic E-state index is 0.244. The topological polar surface area (TPSA) is 77.8 Å². The quantitative estimate of drug-likeness (QED) is 0.544. The third-order valence-corrected chi connectivity index (χ3v) is 2.31. The Bertz CT molecular complexity index is 243. The molecule has 12 heavy (non-hydrogen) atoms. The Kier molecular flexibility index (Phi) is 3.16. The number of nitrogen functional groups attached to an aromatic ring is 2. The number of hydrogen-bond donors (Lipinski definition) is 2. The molecule has 0 bridgehead atoms. The largest absolute Gasteiger partial charge is 0.383 e. The molecule has 0 aliphatic heterocycles. The Morgan fingerprint density at radius 3 is 2.75 bits per heavy atom. The van der Waals surface area contributed by atoms with Crippen LogP contribution in [0, 0.1) is 0 Å². The standard InChI is InChI=1S/C7H12N4S/c1-2-3-12-6-4-5(8)10-7(9)11-6/h4H,2-3H2,1H3,(H4,8,9,10,11). The van der Waals surface area contributed by atoms with Crippen molar-refractivity contribution < 1.29 is 0 Å². The van der Waals surface area contributed by atoms with Gasteiger partial charge in [0, 0.05) is 6.07 Å². The summed E-state index contributed by atoms with van der Waals surface area (Å²) in [6.07, 6.45) is 1.11. The van der Waals surface area contributed by atoms with Crippen molar-refractivity contribution in [2.75, 3.05) is 17.2 Å². The van der Waals surface area contributed by atoms with E-state index in [9.17, 15) is 0 Å². The molecule has 1 rings (SSSR count). The predicted octanol–water partition coefficient (Wildman–Crippen LogP) is 1.14. The molecule has 0 aliphatic carbocycles. The van der Waals surface area contributed by atoms with Crippen molar-refractivity contribution in [3.05, 3.63) is 6.07 Å². The lowest BCUT2D eigenvalue weighted by atomic mass is 10.6. The lowest BCUT2D eigenvalue weighted by Gasteiger charge is -2.00. The molecule has 1 aromatic heterocycles. The fraction of sp³-hybridized carbons (Fsp3) is 0.429. The second kappa shape index (κ2) is 4.15. The van der Waals surface area contributed by atoms with Gasteiger partial charge in [0.25, 0.3) is 0 Å². The maximum absolute atomic E-state index is 5.49. The molecule has 4 nitrogen and oxygen atoms in total. The van der Waals surface area contributed by atoms with Gasteiger partial charge >= 0.3 is 0 Å². The molecule has 1 aromatic rings. The van der Waals surface area contributed by atoms with Gasteiger partial charge in [-0.15, -0.1) is 11.8 Å². The summed E-state index contributed by atoms with van der Waals surface area (Å²) in [5.74, 6) is 1.70. The molecule has 0 saturated carbocycles. The van der Waals surface area contributed by atoms with E-state index in [4.69, 9.17) is 11.5 Å². The summed E-state index contributed by atoms with van der Waals surface area (Å²) < 4.78 is 0. The highest BCUT2D eigenvalue weighted by Crippen LogP contribution is 2.18. The van der Waals surface area contributed by atoms with Crippen molar-refractivity contribution in [1.82, 2.24) is 9.97 Å². The maximum atomic E-state index is 5.49. The number of rotatable bonds is 3. The van der Waals surface area contributed by atoms with E-state index in [0.29, 0.717) is 5.82 Å². The fourth-order valence-corrected chi connectivity index (χ4v) is 1.52. The Balaban J connectivity index is 2.72. The van der Waals surface area contributed by atoms with E-state index >= 15 is 0 Å². The van der Waals surface area contributed by atoms with Gasteiger partial charge in [0.1, 0.15) is 10.8 Å². The van der Waals surface area contributed by atoms with Gasteiger partial charge < -0.3 is 11.5 Å². The molecular formula is C7H12N4S. The number of thioether (sulfide) groups is 1. The zero-order valence-corrected chi connectivity index (χ0v) is 7.77. The number of hydrogen-bond acceptors (Lipinski definition) is 5. The second-order valence-electron chi connectivity index (χ2n) is 2.34. The monoisotopic (exact) mass is 184 g/mol. The molecule has 0 fully saturated rings. The third kappa shape index (κ3) is 2.58. The summed E-state index contributed by atoms with van der Waals surface area (Å²) in [4.78, 5) is 7.79. The summed E-state index contributed by atoms with van der Waals surface area (Å²) >= 11 is 1.64. The van der Waals surface area contributed by atoms with Crippen LogP contribution in [0.1, 0.15) is 13.3 Å². The van der Waals surface area contributed by atoms with Gasteiger partial charge in [0.2, 0.25) is 5.95 Å². The van der Waals surface area contributed by atoms with Crippen LogP contribution < -0.4 is 11.5 Å². The molecule has 0 aliphatic rings. The Morgan fingerprint density at radius 2 is 2.17 bits per heavy atom. The average molecular weight is 184 g/mol. The number of aromatic nitrogens is 2. The van der Waals surface area contributed by atoms with Crippen LogP contribution in [0.2, 0.25) is 0 Å². The molecule has 4 N–H and O–H groups in total. The van der Waals surface area contributed by atoms with Gasteiger partial charge in [-0.2, -0.15) is 4.98 Å². The number of nitrogens with zero attached hydrogens (tertiary/aromatic N) is 2. The van der Waals surface area contributed by atoms with Crippen molar-refractivity contribution in [2.24, 2.45) is 0 Å². The van der Waals surface area contributed by atoms with Crippen molar-refractivity contribution in [3.63, 3.8) is 0 Å². The van der Waals surface area contributed by atoms with Gasteiger partial charge in [-0.05, 0) is 12.2 Å². The highest BCUT2D eigenvalue weighted by molar-refractivity contribution is 7.99. The number of nitrogens with two attached hydrogens (primary N) is 2. The minimum Gasteiger partial charge on any atom is -0.383 e. The van der Waals surface area contributed by atoms with Gasteiger partial charge in [0.15, 0.2) is 0 Å². The molecule has 0 unspecified atom stereocenters. The molecule has 66 valence electrons. The molecule has 1 heterocycles. The predicted molar refractivity (Wildman–Crippen MR) is 51.9 cm³/mol. The summed E-state index contributed by atoms with van der Waals surface area (Å²) in [5.41, 5.74) is 10.9. The second-order valence-corrected chi connectivity index (χ2v) is 3.45. The molecule has 0 saturated heterocycles. The Morgan fingerprint density at radius 1 is 1.42 bits per heavy atom. The van der Waals surface area contributed by atoms with Crippen molar-refractivity contribution in [2.45, 2.75) is 18.4 Å². The SMILES string of the molecule is CCCSc1cc(N)nc(N)n1. The van der Waals surface area contributed by atoms with E-state index in [1.165, 1.54) is 0 Å². The van der Waals surface area contributed by atoms with Gasteiger partial charge in [0.05, 0.1) is 0 Å². The van der Waals surface area contributed by atoms with Crippen molar-refractivity contribution in [3.8, 4) is 0 Å². The van der Waals surface area contributed by atoms with E-state index in [0.717, 1.165) is 17.2 Å². The van der Waals surface area contributed by atoms with E-state index < -0.39 is 0 Å². The molecular weight excluding hydrogens is 172 g/mol. The third-order valence-electron chi connectivity index (χ3n) is 1.19. The number of anilines is 2. The van der Waals surface area contributed by atoms with E-state index in [1.54, 1.807) is 17.8 Å². The fourth-order valence-electron chi connectivity index (χ4n) is 0.742. The molecule has 0 aromatic carbocycles. The van der Waals surface area contributed by atoms with E-state index in [2.05, 4.69) is 16.9 Å². The summed E-state index contributed by atoms with van der Waals surface area (Å²) in [5, 5.41) is 0.849. The zero-order valence-electron chi connectivity index (χ0n) is 6.95. The summed E-state index contributed by atoms with van der Waals surface area (Å²) in [7, 11) is 0. The summed E-state index contributed by atoms with van der Waals surface area (Å²) in [6.45, 7) is 2.11. The highest BCUT2D eigenvalue weighted by Gasteiger charge is 1.98. The minimum atomic E-state index is 0.244. The van der Waals surface area contributed by atoms with Crippen LogP contribution in [-0.2, 0) is 0 Å². The molecule has 0 spiro atoms. The van der Waals surface area contributed by atoms with Crippen LogP contribution in [0.25, 0.3) is 0 Å². The normalized spacial score (nSPS) is 10.1. The van der Waals surface area contributed by atoms with Crippen LogP contribution in [0.4, 0.5) is 11.8 Å². The molecule has 0 atom stereocenters. The lowest BCUT2D eigenvalue weighted by molar-refractivity contribution is 1.05. The first-order chi connectivity index (χ1) is 5.72.